The zero-order valence-electron chi connectivity index (χ0n) is 13.9. The lowest BCUT2D eigenvalue weighted by Gasteiger charge is -2.16. The van der Waals surface area contributed by atoms with Crippen LogP contribution in [0.4, 0.5) is 11.4 Å². The molecule has 26 heavy (non-hydrogen) atoms. The van der Waals surface area contributed by atoms with E-state index in [1.807, 2.05) is 30.3 Å². The molecule has 1 aliphatic rings. The van der Waals surface area contributed by atoms with Gasteiger partial charge in [0.05, 0.1) is 23.2 Å². The van der Waals surface area contributed by atoms with E-state index in [0.717, 1.165) is 5.69 Å². The fraction of sp³-hybridized carbons (Fsp3) is 0.211. The van der Waals surface area contributed by atoms with Gasteiger partial charge in [0, 0.05) is 18.7 Å². The number of benzene rings is 2. The van der Waals surface area contributed by atoms with Crippen molar-refractivity contribution in [3.63, 3.8) is 0 Å². The summed E-state index contributed by atoms with van der Waals surface area (Å²) in [5.74, 6) is -1.27. The quantitative estimate of drug-likeness (QED) is 0.847. The second kappa shape index (κ2) is 8.01. The van der Waals surface area contributed by atoms with Crippen molar-refractivity contribution in [1.29, 1.82) is 0 Å². The van der Waals surface area contributed by atoms with Gasteiger partial charge >= 0.3 is 0 Å². The van der Waals surface area contributed by atoms with E-state index in [0.29, 0.717) is 17.3 Å². The lowest BCUT2D eigenvalue weighted by atomic mass is 10.1. The third-order valence-corrected chi connectivity index (χ3v) is 4.46. The average Bonchev–Trinajstić information content (AvgIpc) is 3.04. The van der Waals surface area contributed by atoms with Gasteiger partial charge in [0.15, 0.2) is 0 Å². The molecular weight excluding hydrogens is 354 g/mol. The Bertz CT molecular complexity index is 826. The molecule has 0 spiro atoms. The highest BCUT2D eigenvalue weighted by molar-refractivity contribution is 6.33. The molecular formula is C19H18ClN3O3. The molecule has 0 saturated carbocycles. The first-order valence-corrected chi connectivity index (χ1v) is 8.60. The lowest BCUT2D eigenvalue weighted by Crippen LogP contribution is -2.37. The number of nitrogens with zero attached hydrogens (tertiary/aromatic N) is 1. The molecule has 3 rings (SSSR count). The van der Waals surface area contributed by atoms with Crippen LogP contribution in [0, 0.1) is 5.92 Å². The molecule has 7 heteroatoms. The van der Waals surface area contributed by atoms with Crippen LogP contribution in [0.25, 0.3) is 0 Å². The molecule has 2 N–H and O–H groups in total. The monoisotopic (exact) mass is 371 g/mol. The molecule has 0 aliphatic carbocycles. The standard InChI is InChI=1S/C19H18ClN3O3/c20-15-8-4-5-9-16(15)22-17(24)11-21-19(26)13-10-18(25)23(12-13)14-6-2-1-3-7-14/h1-9,13H,10-12H2,(H,21,26)(H,22,24). The summed E-state index contributed by atoms with van der Waals surface area (Å²) >= 11 is 5.98. The number of carbonyl (C=O) groups is 3. The van der Waals surface area contributed by atoms with Crippen LogP contribution in [0.5, 0.6) is 0 Å². The van der Waals surface area contributed by atoms with Gasteiger partial charge in [-0.05, 0) is 24.3 Å². The number of halogens is 1. The van der Waals surface area contributed by atoms with Crippen molar-refractivity contribution in [2.24, 2.45) is 5.92 Å². The Hall–Kier alpha value is -2.86. The minimum atomic E-state index is -0.476. The first kappa shape index (κ1) is 17.9. The summed E-state index contributed by atoms with van der Waals surface area (Å²) in [6.07, 6.45) is 0.132. The largest absolute Gasteiger partial charge is 0.347 e. The number of carbonyl (C=O) groups excluding carboxylic acids is 3. The summed E-state index contributed by atoms with van der Waals surface area (Å²) in [7, 11) is 0. The van der Waals surface area contributed by atoms with Gasteiger partial charge < -0.3 is 15.5 Å². The Morgan fingerprint density at radius 3 is 2.50 bits per heavy atom. The van der Waals surface area contributed by atoms with Crippen molar-refractivity contribution in [3.8, 4) is 0 Å². The maximum atomic E-state index is 12.3. The minimum absolute atomic E-state index is 0.100. The maximum absolute atomic E-state index is 12.3. The molecule has 0 aromatic heterocycles. The van der Waals surface area contributed by atoms with Crippen LogP contribution in [0.15, 0.2) is 54.6 Å². The van der Waals surface area contributed by atoms with Crippen LogP contribution in [0.2, 0.25) is 5.02 Å². The molecule has 1 atom stereocenters. The van der Waals surface area contributed by atoms with Gasteiger partial charge in [-0.15, -0.1) is 0 Å². The van der Waals surface area contributed by atoms with Crippen LogP contribution in [-0.2, 0) is 14.4 Å². The Morgan fingerprint density at radius 1 is 1.08 bits per heavy atom. The smallest absolute Gasteiger partial charge is 0.243 e. The number of hydrogen-bond donors (Lipinski definition) is 2. The highest BCUT2D eigenvalue weighted by Gasteiger charge is 2.35. The van der Waals surface area contributed by atoms with Gasteiger partial charge in [0.25, 0.3) is 0 Å². The Kier molecular flexibility index (Phi) is 5.53. The number of anilines is 2. The van der Waals surface area contributed by atoms with E-state index in [1.54, 1.807) is 29.2 Å². The van der Waals surface area contributed by atoms with E-state index in [2.05, 4.69) is 10.6 Å². The van der Waals surface area contributed by atoms with Crippen molar-refractivity contribution in [2.75, 3.05) is 23.3 Å². The lowest BCUT2D eigenvalue weighted by molar-refractivity contribution is -0.127. The van der Waals surface area contributed by atoms with Crippen LogP contribution in [0.3, 0.4) is 0 Å². The molecule has 2 aromatic carbocycles. The minimum Gasteiger partial charge on any atom is -0.347 e. The Labute approximate surface area is 156 Å². The summed E-state index contributed by atoms with van der Waals surface area (Å²) < 4.78 is 0. The Morgan fingerprint density at radius 2 is 1.77 bits per heavy atom. The summed E-state index contributed by atoms with van der Waals surface area (Å²) in [5.41, 5.74) is 1.25. The number of rotatable bonds is 5. The van der Waals surface area contributed by atoms with E-state index >= 15 is 0 Å². The maximum Gasteiger partial charge on any atom is 0.243 e. The van der Waals surface area contributed by atoms with E-state index in [1.165, 1.54) is 0 Å². The number of para-hydroxylation sites is 2. The van der Waals surface area contributed by atoms with Crippen LogP contribution in [0.1, 0.15) is 6.42 Å². The van der Waals surface area contributed by atoms with Gasteiger partial charge in [-0.3, -0.25) is 14.4 Å². The second-order valence-corrected chi connectivity index (χ2v) is 6.39. The topological polar surface area (TPSA) is 78.5 Å². The summed E-state index contributed by atoms with van der Waals surface area (Å²) in [4.78, 5) is 38.0. The normalized spacial score (nSPS) is 16.4. The van der Waals surface area contributed by atoms with Gasteiger partial charge in [-0.1, -0.05) is 41.9 Å². The van der Waals surface area contributed by atoms with E-state index in [-0.39, 0.29) is 30.7 Å². The average molecular weight is 372 g/mol. The van der Waals surface area contributed by atoms with Crippen LogP contribution in [-0.4, -0.2) is 30.8 Å². The summed E-state index contributed by atoms with van der Waals surface area (Å²) in [5, 5.41) is 5.64. The fourth-order valence-corrected chi connectivity index (χ4v) is 2.99. The van der Waals surface area contributed by atoms with Crippen molar-refractivity contribution in [2.45, 2.75) is 6.42 Å². The molecule has 1 unspecified atom stereocenters. The zero-order valence-corrected chi connectivity index (χ0v) is 14.7. The predicted molar refractivity (Wildman–Crippen MR) is 100.0 cm³/mol. The fourth-order valence-electron chi connectivity index (χ4n) is 2.81. The van der Waals surface area contributed by atoms with Crippen molar-refractivity contribution in [1.82, 2.24) is 5.32 Å². The van der Waals surface area contributed by atoms with Gasteiger partial charge in [0.1, 0.15) is 0 Å². The zero-order chi connectivity index (χ0) is 18.5. The van der Waals surface area contributed by atoms with E-state index in [4.69, 9.17) is 11.6 Å². The molecule has 2 aromatic rings. The first-order chi connectivity index (χ1) is 12.5. The molecule has 134 valence electrons. The molecule has 3 amide bonds. The van der Waals surface area contributed by atoms with Gasteiger partial charge in [0.2, 0.25) is 17.7 Å². The van der Waals surface area contributed by atoms with Crippen molar-refractivity contribution < 1.29 is 14.4 Å². The molecule has 1 fully saturated rings. The van der Waals surface area contributed by atoms with Crippen LogP contribution >= 0.6 is 11.6 Å². The van der Waals surface area contributed by atoms with E-state index < -0.39 is 5.92 Å². The SMILES string of the molecule is O=C(CNC(=O)C1CC(=O)N(c2ccccc2)C1)Nc1ccccc1Cl. The Balaban J connectivity index is 1.52. The third-order valence-electron chi connectivity index (χ3n) is 4.13. The highest BCUT2D eigenvalue weighted by atomic mass is 35.5. The molecule has 1 saturated heterocycles. The molecule has 6 nitrogen and oxygen atoms in total. The highest BCUT2D eigenvalue weighted by Crippen LogP contribution is 2.25. The molecule has 1 heterocycles. The predicted octanol–water partition coefficient (Wildman–Crippen LogP) is 2.45. The third kappa shape index (κ3) is 4.21. The molecule has 0 radical (unpaired) electrons. The van der Waals surface area contributed by atoms with Crippen LogP contribution < -0.4 is 15.5 Å². The first-order valence-electron chi connectivity index (χ1n) is 8.22. The van der Waals surface area contributed by atoms with Crippen molar-refractivity contribution in [3.05, 3.63) is 59.6 Å². The molecule has 1 aliphatic heterocycles. The molecule has 0 bridgehead atoms. The second-order valence-electron chi connectivity index (χ2n) is 5.99. The van der Waals surface area contributed by atoms with Crippen molar-refractivity contribution >= 4 is 40.7 Å². The number of amides is 3. The van der Waals surface area contributed by atoms with Gasteiger partial charge in [-0.25, -0.2) is 0 Å². The number of hydrogen-bond acceptors (Lipinski definition) is 3. The van der Waals surface area contributed by atoms with E-state index in [9.17, 15) is 14.4 Å². The summed E-state index contributed by atoms with van der Waals surface area (Å²) in [6.45, 7) is 0.126. The number of nitrogens with one attached hydrogen (secondary N) is 2. The summed E-state index contributed by atoms with van der Waals surface area (Å²) in [6, 6.07) is 16.1. The van der Waals surface area contributed by atoms with Gasteiger partial charge in [-0.2, -0.15) is 0 Å².